The summed E-state index contributed by atoms with van der Waals surface area (Å²) in [6.45, 7) is 2.28. The third-order valence-electron chi connectivity index (χ3n) is 7.02. The van der Waals surface area contributed by atoms with E-state index >= 15 is 0 Å². The first-order valence-electron chi connectivity index (χ1n) is 10.1. The Bertz CT molecular complexity index is 500. The van der Waals surface area contributed by atoms with Crippen LogP contribution in [0.25, 0.3) is 0 Å². The highest BCUT2D eigenvalue weighted by molar-refractivity contribution is 5.85. The van der Waals surface area contributed by atoms with E-state index in [0.29, 0.717) is 19.0 Å². The van der Waals surface area contributed by atoms with Crippen molar-refractivity contribution >= 4 is 24.3 Å². The number of hydrogen-bond acceptors (Lipinski definition) is 3. The quantitative estimate of drug-likeness (QED) is 0.677. The van der Waals surface area contributed by atoms with Gasteiger partial charge in [0.1, 0.15) is 0 Å². The number of likely N-dealkylation sites (N-methyl/N-ethyl adjacent to an activating group) is 1. The van der Waals surface area contributed by atoms with Crippen molar-refractivity contribution in [3.8, 4) is 0 Å². The third-order valence-corrected chi connectivity index (χ3v) is 7.02. The number of rotatable bonds is 5. The molecule has 0 spiro atoms. The van der Waals surface area contributed by atoms with Gasteiger partial charge >= 0.3 is 6.03 Å². The van der Waals surface area contributed by atoms with Crippen LogP contribution in [0, 0.1) is 17.8 Å². The average molecular weight is 385 g/mol. The Labute approximate surface area is 162 Å². The molecular weight excluding hydrogens is 352 g/mol. The van der Waals surface area contributed by atoms with E-state index in [1.807, 2.05) is 11.9 Å². The molecule has 1 atom stereocenters. The molecule has 4 saturated carbocycles. The minimum absolute atomic E-state index is 0. The Hall–Kier alpha value is -1.01. The van der Waals surface area contributed by atoms with E-state index in [9.17, 15) is 9.59 Å². The van der Waals surface area contributed by atoms with E-state index < -0.39 is 0 Å². The minimum Gasteiger partial charge on any atom is -0.341 e. The van der Waals surface area contributed by atoms with Gasteiger partial charge in [-0.05, 0) is 69.2 Å². The van der Waals surface area contributed by atoms with Crippen LogP contribution < -0.4 is 16.0 Å². The van der Waals surface area contributed by atoms with Crippen LogP contribution in [0.5, 0.6) is 0 Å². The molecule has 1 saturated heterocycles. The summed E-state index contributed by atoms with van der Waals surface area (Å²) >= 11 is 0. The van der Waals surface area contributed by atoms with Crippen LogP contribution in [0.4, 0.5) is 4.79 Å². The highest BCUT2D eigenvalue weighted by Crippen LogP contribution is 2.55. The van der Waals surface area contributed by atoms with Crippen LogP contribution in [-0.4, -0.2) is 55.1 Å². The largest absolute Gasteiger partial charge is 0.341 e. The number of hydrogen-bond donors (Lipinski definition) is 3. The summed E-state index contributed by atoms with van der Waals surface area (Å²) in [5.74, 6) is 2.58. The van der Waals surface area contributed by atoms with Crippen LogP contribution in [0.15, 0.2) is 0 Å². The molecule has 4 bridgehead atoms. The SMILES string of the molecule is CN(C(=O)CCNC(=O)NC12CC3CC(CC(C3)C1)C2)C1CCNC1.Cl. The summed E-state index contributed by atoms with van der Waals surface area (Å²) in [6, 6.07) is 0.216. The summed E-state index contributed by atoms with van der Waals surface area (Å²) in [4.78, 5) is 26.5. The number of nitrogens with zero attached hydrogens (tertiary/aromatic N) is 1. The summed E-state index contributed by atoms with van der Waals surface area (Å²) in [5.41, 5.74) is 0.0369. The summed E-state index contributed by atoms with van der Waals surface area (Å²) in [5, 5.41) is 9.50. The van der Waals surface area contributed by atoms with E-state index in [2.05, 4.69) is 16.0 Å². The maximum Gasteiger partial charge on any atom is 0.315 e. The topological polar surface area (TPSA) is 73.5 Å². The summed E-state index contributed by atoms with van der Waals surface area (Å²) in [7, 11) is 1.87. The molecule has 5 rings (SSSR count). The monoisotopic (exact) mass is 384 g/mol. The summed E-state index contributed by atoms with van der Waals surface area (Å²) in [6.07, 6.45) is 8.98. The number of halogens is 1. The van der Waals surface area contributed by atoms with Gasteiger partial charge in [0.25, 0.3) is 0 Å². The van der Waals surface area contributed by atoms with Crippen LogP contribution >= 0.6 is 12.4 Å². The van der Waals surface area contributed by atoms with Gasteiger partial charge in [-0.3, -0.25) is 4.79 Å². The fraction of sp³-hybridized carbons (Fsp3) is 0.895. The van der Waals surface area contributed by atoms with E-state index in [1.165, 1.54) is 19.3 Å². The van der Waals surface area contributed by atoms with E-state index in [4.69, 9.17) is 0 Å². The van der Waals surface area contributed by atoms with Crippen molar-refractivity contribution in [1.29, 1.82) is 0 Å². The van der Waals surface area contributed by atoms with Gasteiger partial charge in [-0.15, -0.1) is 12.4 Å². The van der Waals surface area contributed by atoms with E-state index in [0.717, 1.165) is 56.5 Å². The molecule has 26 heavy (non-hydrogen) atoms. The zero-order valence-electron chi connectivity index (χ0n) is 15.8. The molecule has 148 valence electrons. The van der Waals surface area contributed by atoms with Gasteiger partial charge < -0.3 is 20.9 Å². The lowest BCUT2D eigenvalue weighted by atomic mass is 9.53. The zero-order valence-corrected chi connectivity index (χ0v) is 16.6. The predicted octanol–water partition coefficient (Wildman–Crippen LogP) is 1.89. The van der Waals surface area contributed by atoms with Crippen molar-refractivity contribution in [2.45, 2.75) is 62.9 Å². The van der Waals surface area contributed by atoms with Crippen molar-refractivity contribution in [3.63, 3.8) is 0 Å². The van der Waals surface area contributed by atoms with Gasteiger partial charge in [-0.2, -0.15) is 0 Å². The molecule has 5 aliphatic rings. The lowest BCUT2D eigenvalue weighted by Crippen LogP contribution is -2.61. The number of urea groups is 1. The highest BCUT2D eigenvalue weighted by atomic mass is 35.5. The Kier molecular flexibility index (Phi) is 6.02. The Balaban J connectivity index is 0.00000196. The molecule has 0 aromatic rings. The first kappa shape index (κ1) is 19.7. The minimum atomic E-state index is -0.0834. The van der Waals surface area contributed by atoms with E-state index in [-0.39, 0.29) is 29.9 Å². The number of carbonyl (C=O) groups excluding carboxylic acids is 2. The average Bonchev–Trinajstić information content (AvgIpc) is 3.06. The molecule has 1 heterocycles. The van der Waals surface area contributed by atoms with Gasteiger partial charge in [0.2, 0.25) is 5.91 Å². The fourth-order valence-corrected chi connectivity index (χ4v) is 6.18. The van der Waals surface area contributed by atoms with E-state index in [1.54, 1.807) is 0 Å². The van der Waals surface area contributed by atoms with Gasteiger partial charge in [0.15, 0.2) is 0 Å². The first-order valence-corrected chi connectivity index (χ1v) is 10.1. The Morgan fingerprint density at radius 3 is 2.27 bits per heavy atom. The predicted molar refractivity (Wildman–Crippen MR) is 103 cm³/mol. The lowest BCUT2D eigenvalue weighted by Gasteiger charge is -2.56. The van der Waals surface area contributed by atoms with Crippen molar-refractivity contribution in [2.24, 2.45) is 17.8 Å². The molecule has 0 aromatic carbocycles. The molecule has 0 aromatic heterocycles. The van der Waals surface area contributed by atoms with Gasteiger partial charge in [-0.1, -0.05) is 0 Å². The van der Waals surface area contributed by atoms with Crippen molar-refractivity contribution in [1.82, 2.24) is 20.9 Å². The molecular formula is C19H33ClN4O2. The molecule has 1 aliphatic heterocycles. The fourth-order valence-electron chi connectivity index (χ4n) is 6.18. The van der Waals surface area contributed by atoms with Crippen molar-refractivity contribution in [3.05, 3.63) is 0 Å². The molecule has 1 unspecified atom stereocenters. The molecule has 4 aliphatic carbocycles. The lowest BCUT2D eigenvalue weighted by molar-refractivity contribution is -0.131. The van der Waals surface area contributed by atoms with Crippen LogP contribution in [-0.2, 0) is 4.79 Å². The second kappa shape index (κ2) is 7.93. The highest BCUT2D eigenvalue weighted by Gasteiger charge is 2.51. The van der Waals surface area contributed by atoms with Gasteiger partial charge in [-0.25, -0.2) is 4.79 Å². The smallest absolute Gasteiger partial charge is 0.315 e. The van der Waals surface area contributed by atoms with Crippen molar-refractivity contribution < 1.29 is 9.59 Å². The van der Waals surface area contributed by atoms with Crippen LogP contribution in [0.1, 0.15) is 51.4 Å². The standard InChI is InChI=1S/C19H32N4O2.ClH/c1-23(16-2-4-20-12-16)17(24)3-5-21-18(25)22-19-9-13-6-14(10-19)8-15(7-13)11-19;/h13-16,20H,2-12H2,1H3,(H2,21,22,25);1H. The van der Waals surface area contributed by atoms with Gasteiger partial charge in [0.05, 0.1) is 0 Å². The molecule has 5 fully saturated rings. The molecule has 7 heteroatoms. The maximum atomic E-state index is 12.4. The molecule has 3 N–H and O–H groups in total. The second-order valence-corrected chi connectivity index (χ2v) is 8.98. The number of nitrogens with one attached hydrogen (secondary N) is 3. The Morgan fingerprint density at radius 1 is 1.12 bits per heavy atom. The third kappa shape index (κ3) is 4.11. The number of amides is 3. The second-order valence-electron chi connectivity index (χ2n) is 8.98. The molecule has 3 amide bonds. The summed E-state index contributed by atoms with van der Waals surface area (Å²) < 4.78 is 0. The molecule has 6 nitrogen and oxygen atoms in total. The zero-order chi connectivity index (χ0) is 17.4. The number of carbonyl (C=O) groups is 2. The van der Waals surface area contributed by atoms with Crippen LogP contribution in [0.2, 0.25) is 0 Å². The normalized spacial score (nSPS) is 37.1. The van der Waals surface area contributed by atoms with Crippen molar-refractivity contribution in [2.75, 3.05) is 26.7 Å². The maximum absolute atomic E-state index is 12.4. The first-order chi connectivity index (χ1) is 12.0. The van der Waals surface area contributed by atoms with Crippen LogP contribution in [0.3, 0.4) is 0 Å². The Morgan fingerprint density at radius 2 is 1.73 bits per heavy atom. The molecule has 0 radical (unpaired) electrons. The van der Waals surface area contributed by atoms with Gasteiger partial charge in [0, 0.05) is 38.1 Å².